The maximum atomic E-state index is 12.6. The summed E-state index contributed by atoms with van der Waals surface area (Å²) in [5.74, 6) is 1.39. The van der Waals surface area contributed by atoms with Gasteiger partial charge in [0.15, 0.2) is 5.82 Å². The van der Waals surface area contributed by atoms with Gasteiger partial charge in [-0.05, 0) is 42.5 Å². The lowest BCUT2D eigenvalue weighted by molar-refractivity contribution is 0.0948. The van der Waals surface area contributed by atoms with Crippen molar-refractivity contribution in [3.8, 4) is 0 Å². The molecule has 4 rings (SSSR count). The summed E-state index contributed by atoms with van der Waals surface area (Å²) in [6.07, 6.45) is 4.37. The van der Waals surface area contributed by atoms with Crippen LogP contribution >= 0.6 is 11.3 Å². The third-order valence-electron chi connectivity index (χ3n) is 4.72. The molecule has 144 valence electrons. The average molecular weight is 395 g/mol. The van der Waals surface area contributed by atoms with Crippen molar-refractivity contribution >= 4 is 28.8 Å². The van der Waals surface area contributed by atoms with Gasteiger partial charge >= 0.3 is 0 Å². The molecular weight excluding hydrogens is 374 g/mol. The number of benzene rings is 1. The minimum Gasteiger partial charge on any atom is -0.345 e. The Kier molecular flexibility index (Phi) is 5.48. The van der Waals surface area contributed by atoms with Gasteiger partial charge in [-0.25, -0.2) is 0 Å². The van der Waals surface area contributed by atoms with Crippen LogP contribution in [0.5, 0.6) is 0 Å². The Morgan fingerprint density at radius 3 is 2.86 bits per heavy atom. The van der Waals surface area contributed by atoms with Crippen LogP contribution in [-0.2, 0) is 19.5 Å². The minimum absolute atomic E-state index is 0.182. The van der Waals surface area contributed by atoms with E-state index in [2.05, 4.69) is 25.4 Å². The van der Waals surface area contributed by atoms with Crippen LogP contribution in [0.2, 0.25) is 0 Å². The third-order valence-corrected chi connectivity index (χ3v) is 5.59. The molecule has 2 aromatic heterocycles. The number of carbonyl (C=O) groups is 2. The van der Waals surface area contributed by atoms with Crippen LogP contribution in [-0.4, -0.2) is 26.6 Å². The van der Waals surface area contributed by atoms with Gasteiger partial charge in [-0.3, -0.25) is 9.59 Å². The first-order chi connectivity index (χ1) is 13.7. The number of anilines is 1. The van der Waals surface area contributed by atoms with Gasteiger partial charge in [0.2, 0.25) is 0 Å². The summed E-state index contributed by atoms with van der Waals surface area (Å²) in [4.78, 5) is 25.4. The highest BCUT2D eigenvalue weighted by molar-refractivity contribution is 7.12. The van der Waals surface area contributed by atoms with Gasteiger partial charge in [0.1, 0.15) is 5.82 Å². The van der Waals surface area contributed by atoms with Gasteiger partial charge in [-0.2, -0.15) is 0 Å². The Hall–Kier alpha value is -3.00. The molecule has 28 heavy (non-hydrogen) atoms. The second-order valence-electron chi connectivity index (χ2n) is 6.69. The fourth-order valence-corrected chi connectivity index (χ4v) is 3.90. The first-order valence-corrected chi connectivity index (χ1v) is 10.2. The van der Waals surface area contributed by atoms with Gasteiger partial charge in [-0.15, -0.1) is 21.5 Å². The summed E-state index contributed by atoms with van der Waals surface area (Å²) in [7, 11) is 0. The predicted molar refractivity (Wildman–Crippen MR) is 107 cm³/mol. The monoisotopic (exact) mass is 395 g/mol. The molecule has 0 bridgehead atoms. The van der Waals surface area contributed by atoms with Gasteiger partial charge in [0.05, 0.1) is 11.4 Å². The number of aromatic nitrogens is 3. The zero-order valence-corrected chi connectivity index (χ0v) is 16.2. The number of hydrogen-bond donors (Lipinski definition) is 2. The Labute approximate surface area is 166 Å². The number of carbonyl (C=O) groups excluding carboxylic acids is 2. The zero-order valence-electron chi connectivity index (χ0n) is 15.4. The van der Waals surface area contributed by atoms with E-state index in [4.69, 9.17) is 0 Å². The van der Waals surface area contributed by atoms with E-state index >= 15 is 0 Å². The van der Waals surface area contributed by atoms with Crippen LogP contribution < -0.4 is 10.6 Å². The molecule has 1 aliphatic heterocycles. The molecular formula is C20H21N5O2S. The molecule has 0 radical (unpaired) electrons. The summed E-state index contributed by atoms with van der Waals surface area (Å²) in [5, 5.41) is 16.1. The van der Waals surface area contributed by atoms with E-state index in [1.165, 1.54) is 17.8 Å². The highest BCUT2D eigenvalue weighted by atomic mass is 32.1. The maximum absolute atomic E-state index is 12.6. The molecule has 0 saturated heterocycles. The Morgan fingerprint density at radius 2 is 2.00 bits per heavy atom. The number of thiophene rings is 1. The molecule has 0 aliphatic carbocycles. The second kappa shape index (κ2) is 8.35. The van der Waals surface area contributed by atoms with E-state index in [0.29, 0.717) is 22.7 Å². The lowest BCUT2D eigenvalue weighted by Gasteiger charge is -2.09. The van der Waals surface area contributed by atoms with Gasteiger partial charge in [-0.1, -0.05) is 18.6 Å². The van der Waals surface area contributed by atoms with Gasteiger partial charge in [0, 0.05) is 24.2 Å². The highest BCUT2D eigenvalue weighted by Crippen LogP contribution is 2.16. The summed E-state index contributed by atoms with van der Waals surface area (Å²) < 4.78 is 2.12. The molecule has 2 N–H and O–H groups in total. The number of rotatable bonds is 5. The van der Waals surface area contributed by atoms with Crippen LogP contribution in [0, 0.1) is 0 Å². The van der Waals surface area contributed by atoms with Crippen LogP contribution in [0.15, 0.2) is 41.8 Å². The number of nitrogens with zero attached hydrogens (tertiary/aromatic N) is 3. The molecule has 3 aromatic rings. The summed E-state index contributed by atoms with van der Waals surface area (Å²) in [6, 6.07) is 10.5. The molecule has 0 saturated carbocycles. The van der Waals surface area contributed by atoms with Gasteiger partial charge in [0.25, 0.3) is 11.8 Å². The van der Waals surface area contributed by atoms with E-state index in [0.717, 1.165) is 37.5 Å². The Morgan fingerprint density at radius 1 is 1.07 bits per heavy atom. The van der Waals surface area contributed by atoms with E-state index in [9.17, 15) is 9.59 Å². The van der Waals surface area contributed by atoms with Crippen molar-refractivity contribution < 1.29 is 9.59 Å². The maximum Gasteiger partial charge on any atom is 0.265 e. The SMILES string of the molecule is O=C(NCc1nnc2n1CCCCC2)c1cccc(NC(=O)c2cccs2)c1. The number of fused-ring (bicyclic) bond motifs is 1. The number of hydrogen-bond acceptors (Lipinski definition) is 5. The van der Waals surface area contributed by atoms with Crippen molar-refractivity contribution in [2.24, 2.45) is 0 Å². The molecule has 0 unspecified atom stereocenters. The van der Waals surface area contributed by atoms with Crippen LogP contribution in [0.25, 0.3) is 0 Å². The standard InChI is InChI=1S/C20H21N5O2S/c26-19(21-13-18-24-23-17-9-2-1-3-10-25(17)18)14-6-4-7-15(12-14)22-20(27)16-8-5-11-28-16/h4-8,11-12H,1-3,9-10,13H2,(H,21,26)(H,22,27). The minimum atomic E-state index is -0.210. The molecule has 2 amide bonds. The second-order valence-corrected chi connectivity index (χ2v) is 7.64. The highest BCUT2D eigenvalue weighted by Gasteiger charge is 2.16. The molecule has 8 heteroatoms. The Bertz CT molecular complexity index is 980. The number of nitrogens with one attached hydrogen (secondary N) is 2. The third kappa shape index (κ3) is 4.12. The van der Waals surface area contributed by atoms with Crippen molar-refractivity contribution in [1.82, 2.24) is 20.1 Å². The quantitative estimate of drug-likeness (QED) is 0.694. The topological polar surface area (TPSA) is 88.9 Å². The largest absolute Gasteiger partial charge is 0.345 e. The summed E-state index contributed by atoms with van der Waals surface area (Å²) in [5.41, 5.74) is 1.07. The van der Waals surface area contributed by atoms with E-state index in [1.54, 1.807) is 30.3 Å². The molecule has 1 aromatic carbocycles. The predicted octanol–water partition coefficient (Wildman–Crippen LogP) is 3.25. The first-order valence-electron chi connectivity index (χ1n) is 9.35. The van der Waals surface area contributed by atoms with Crippen molar-refractivity contribution in [2.75, 3.05) is 5.32 Å². The van der Waals surface area contributed by atoms with Crippen molar-refractivity contribution in [2.45, 2.75) is 38.8 Å². The normalized spacial score (nSPS) is 13.4. The molecule has 1 aliphatic rings. The number of aryl methyl sites for hydroxylation is 1. The molecule has 0 atom stereocenters. The van der Waals surface area contributed by atoms with Crippen LogP contribution in [0.4, 0.5) is 5.69 Å². The van der Waals surface area contributed by atoms with E-state index in [1.807, 2.05) is 11.4 Å². The van der Waals surface area contributed by atoms with Crippen molar-refractivity contribution in [3.05, 3.63) is 63.9 Å². The fraction of sp³-hybridized carbons (Fsp3) is 0.300. The fourth-order valence-electron chi connectivity index (χ4n) is 3.28. The molecule has 3 heterocycles. The molecule has 0 fully saturated rings. The van der Waals surface area contributed by atoms with E-state index in [-0.39, 0.29) is 11.8 Å². The average Bonchev–Trinajstić information content (AvgIpc) is 3.32. The Balaban J connectivity index is 1.40. The lowest BCUT2D eigenvalue weighted by atomic mass is 10.2. The summed E-state index contributed by atoms with van der Waals surface area (Å²) in [6.45, 7) is 1.23. The van der Waals surface area contributed by atoms with Crippen LogP contribution in [0.1, 0.15) is 50.9 Å². The smallest absolute Gasteiger partial charge is 0.265 e. The summed E-state index contributed by atoms with van der Waals surface area (Å²) >= 11 is 1.37. The van der Waals surface area contributed by atoms with E-state index < -0.39 is 0 Å². The van der Waals surface area contributed by atoms with Gasteiger partial charge < -0.3 is 15.2 Å². The van der Waals surface area contributed by atoms with Crippen molar-refractivity contribution in [3.63, 3.8) is 0 Å². The molecule has 0 spiro atoms. The lowest BCUT2D eigenvalue weighted by Crippen LogP contribution is -2.25. The zero-order chi connectivity index (χ0) is 19.3. The number of amides is 2. The van der Waals surface area contributed by atoms with Crippen LogP contribution in [0.3, 0.4) is 0 Å². The van der Waals surface area contributed by atoms with Crippen molar-refractivity contribution in [1.29, 1.82) is 0 Å². The first kappa shape index (κ1) is 18.4. The molecule has 7 nitrogen and oxygen atoms in total.